The molecule has 2 rings (SSSR count). The molecule has 0 saturated carbocycles. The summed E-state index contributed by atoms with van der Waals surface area (Å²) in [4.78, 5) is 0. The molecule has 0 aromatic heterocycles. The van der Waals surface area contributed by atoms with Crippen LogP contribution in [0.5, 0.6) is 5.75 Å². The fourth-order valence-electron chi connectivity index (χ4n) is 2.38. The van der Waals surface area contributed by atoms with Crippen molar-refractivity contribution < 1.29 is 9.47 Å². The summed E-state index contributed by atoms with van der Waals surface area (Å²) in [5, 5.41) is 3.36. The number of methoxy groups -OCH3 is 1. The Bertz CT molecular complexity index is 384. The Morgan fingerprint density at radius 1 is 1.41 bits per heavy atom. The van der Waals surface area contributed by atoms with Gasteiger partial charge >= 0.3 is 0 Å². The van der Waals surface area contributed by atoms with Gasteiger partial charge in [0.25, 0.3) is 0 Å². The van der Waals surface area contributed by atoms with Crippen molar-refractivity contribution in [2.24, 2.45) is 0 Å². The maximum absolute atomic E-state index is 5.75. The van der Waals surface area contributed by atoms with Crippen molar-refractivity contribution in [3.05, 3.63) is 28.8 Å². The highest BCUT2D eigenvalue weighted by Gasteiger charge is 2.17. The molecule has 1 N–H and O–H groups in total. The summed E-state index contributed by atoms with van der Waals surface area (Å²) in [6.07, 6.45) is 1.18. The maximum Gasteiger partial charge on any atom is 0.122 e. The lowest BCUT2D eigenvalue weighted by atomic mass is 9.98. The molecule has 0 amide bonds. The summed E-state index contributed by atoms with van der Waals surface area (Å²) in [5.74, 6) is 0.983. The fourth-order valence-corrected chi connectivity index (χ4v) is 2.38. The third kappa shape index (κ3) is 2.99. The van der Waals surface area contributed by atoms with E-state index >= 15 is 0 Å². The van der Waals surface area contributed by atoms with Crippen molar-refractivity contribution in [3.63, 3.8) is 0 Å². The van der Waals surface area contributed by atoms with Gasteiger partial charge in [-0.25, -0.2) is 0 Å². The average Bonchev–Trinajstić information content (AvgIpc) is 2.33. The molecule has 17 heavy (non-hydrogen) atoms. The van der Waals surface area contributed by atoms with E-state index in [2.05, 4.69) is 31.3 Å². The van der Waals surface area contributed by atoms with E-state index in [4.69, 9.17) is 9.47 Å². The first-order chi connectivity index (χ1) is 8.20. The highest BCUT2D eigenvalue weighted by Crippen LogP contribution is 2.26. The number of nitrogens with one attached hydrogen (secondary N) is 1. The van der Waals surface area contributed by atoms with E-state index in [1.807, 2.05) is 0 Å². The Hall–Kier alpha value is -1.06. The third-order valence-corrected chi connectivity index (χ3v) is 3.23. The van der Waals surface area contributed by atoms with Crippen molar-refractivity contribution in [1.29, 1.82) is 0 Å². The lowest BCUT2D eigenvalue weighted by Crippen LogP contribution is -2.39. The topological polar surface area (TPSA) is 30.5 Å². The Morgan fingerprint density at radius 2 is 2.24 bits per heavy atom. The second-order valence-corrected chi connectivity index (χ2v) is 4.66. The smallest absolute Gasteiger partial charge is 0.122 e. The van der Waals surface area contributed by atoms with Crippen LogP contribution in [0.15, 0.2) is 12.1 Å². The first-order valence-electron chi connectivity index (χ1n) is 6.17. The van der Waals surface area contributed by atoms with Crippen LogP contribution < -0.4 is 10.1 Å². The standard InChI is InChI=1S/C14H21NO2/c1-10-6-11(2)13(14(7-10)16-3)8-12-9-15-4-5-17-12/h6-7,12,15H,4-5,8-9H2,1-3H3. The number of morpholine rings is 1. The van der Waals surface area contributed by atoms with Gasteiger partial charge in [0.1, 0.15) is 5.75 Å². The lowest BCUT2D eigenvalue weighted by Gasteiger charge is -2.25. The molecule has 3 nitrogen and oxygen atoms in total. The van der Waals surface area contributed by atoms with Gasteiger partial charge in [0.05, 0.1) is 19.8 Å². The largest absolute Gasteiger partial charge is 0.496 e. The van der Waals surface area contributed by atoms with Crippen molar-refractivity contribution in [2.75, 3.05) is 26.8 Å². The average molecular weight is 235 g/mol. The predicted molar refractivity (Wildman–Crippen MR) is 68.8 cm³/mol. The van der Waals surface area contributed by atoms with E-state index in [-0.39, 0.29) is 6.10 Å². The summed E-state index contributed by atoms with van der Waals surface area (Å²) in [6.45, 7) is 6.92. The summed E-state index contributed by atoms with van der Waals surface area (Å²) in [5.41, 5.74) is 3.80. The molecule has 1 fully saturated rings. The van der Waals surface area contributed by atoms with Crippen molar-refractivity contribution >= 4 is 0 Å². The van der Waals surface area contributed by atoms with Gasteiger partial charge in [-0.05, 0) is 36.6 Å². The van der Waals surface area contributed by atoms with Crippen molar-refractivity contribution in [2.45, 2.75) is 26.4 Å². The van der Waals surface area contributed by atoms with E-state index in [1.165, 1.54) is 16.7 Å². The summed E-state index contributed by atoms with van der Waals surface area (Å²) in [6, 6.07) is 4.30. The summed E-state index contributed by atoms with van der Waals surface area (Å²) in [7, 11) is 1.73. The minimum atomic E-state index is 0.263. The number of ether oxygens (including phenoxy) is 2. The Kier molecular flexibility index (Phi) is 4.02. The van der Waals surface area contributed by atoms with Crippen molar-refractivity contribution in [3.8, 4) is 5.75 Å². The van der Waals surface area contributed by atoms with Crippen LogP contribution in [0.1, 0.15) is 16.7 Å². The van der Waals surface area contributed by atoms with E-state index in [1.54, 1.807) is 7.11 Å². The van der Waals surface area contributed by atoms with Crippen LogP contribution in [0.25, 0.3) is 0 Å². The number of hydrogen-bond acceptors (Lipinski definition) is 3. The lowest BCUT2D eigenvalue weighted by molar-refractivity contribution is 0.0288. The molecule has 1 aromatic rings. The Labute approximate surface area is 103 Å². The van der Waals surface area contributed by atoms with Crippen LogP contribution in [-0.2, 0) is 11.2 Å². The molecule has 0 radical (unpaired) electrons. The van der Waals surface area contributed by atoms with Crippen LogP contribution in [0.3, 0.4) is 0 Å². The van der Waals surface area contributed by atoms with Crippen molar-refractivity contribution in [1.82, 2.24) is 5.32 Å². The van der Waals surface area contributed by atoms with Crippen LogP contribution in [-0.4, -0.2) is 32.9 Å². The molecule has 0 aliphatic carbocycles. The van der Waals surface area contributed by atoms with Gasteiger partial charge in [0, 0.05) is 19.5 Å². The van der Waals surface area contributed by atoms with Crippen LogP contribution >= 0.6 is 0 Å². The molecule has 1 heterocycles. The molecule has 3 heteroatoms. The first-order valence-corrected chi connectivity index (χ1v) is 6.17. The van der Waals surface area contributed by atoms with Crippen LogP contribution in [0.2, 0.25) is 0 Å². The first kappa shape index (κ1) is 12.4. The minimum absolute atomic E-state index is 0.263. The van der Waals surface area contributed by atoms with Gasteiger partial charge < -0.3 is 14.8 Å². The monoisotopic (exact) mass is 235 g/mol. The molecule has 1 saturated heterocycles. The molecule has 1 aliphatic rings. The minimum Gasteiger partial charge on any atom is -0.496 e. The Morgan fingerprint density at radius 3 is 2.88 bits per heavy atom. The normalized spacial score (nSPS) is 20.3. The van der Waals surface area contributed by atoms with Gasteiger partial charge in [-0.1, -0.05) is 6.07 Å². The number of rotatable bonds is 3. The van der Waals surface area contributed by atoms with Gasteiger partial charge in [-0.15, -0.1) is 0 Å². The predicted octanol–water partition coefficient (Wildman–Crippen LogP) is 1.84. The molecule has 1 unspecified atom stereocenters. The molecule has 0 bridgehead atoms. The number of hydrogen-bond donors (Lipinski definition) is 1. The van der Waals surface area contributed by atoms with Gasteiger partial charge in [0.15, 0.2) is 0 Å². The van der Waals surface area contributed by atoms with Gasteiger partial charge in [0.2, 0.25) is 0 Å². The maximum atomic E-state index is 5.75. The Balaban J connectivity index is 2.18. The molecular weight excluding hydrogens is 214 g/mol. The summed E-state index contributed by atoms with van der Waals surface area (Å²) < 4.78 is 11.2. The molecule has 0 spiro atoms. The molecule has 1 aromatic carbocycles. The number of aryl methyl sites for hydroxylation is 2. The van der Waals surface area contributed by atoms with Crippen LogP contribution in [0.4, 0.5) is 0 Å². The SMILES string of the molecule is COc1cc(C)cc(C)c1CC1CNCCO1. The van der Waals surface area contributed by atoms with E-state index in [0.717, 1.165) is 31.9 Å². The van der Waals surface area contributed by atoms with Gasteiger partial charge in [-0.2, -0.15) is 0 Å². The molecule has 94 valence electrons. The third-order valence-electron chi connectivity index (χ3n) is 3.23. The quantitative estimate of drug-likeness (QED) is 0.867. The zero-order chi connectivity index (χ0) is 12.3. The molecule has 1 aliphatic heterocycles. The number of benzene rings is 1. The fraction of sp³-hybridized carbons (Fsp3) is 0.571. The van der Waals surface area contributed by atoms with E-state index in [9.17, 15) is 0 Å². The second kappa shape index (κ2) is 5.52. The molecule has 1 atom stereocenters. The zero-order valence-electron chi connectivity index (χ0n) is 10.9. The summed E-state index contributed by atoms with van der Waals surface area (Å²) >= 11 is 0. The van der Waals surface area contributed by atoms with E-state index < -0.39 is 0 Å². The van der Waals surface area contributed by atoms with Gasteiger partial charge in [-0.3, -0.25) is 0 Å². The second-order valence-electron chi connectivity index (χ2n) is 4.66. The van der Waals surface area contributed by atoms with Crippen LogP contribution in [0, 0.1) is 13.8 Å². The highest BCUT2D eigenvalue weighted by molar-refractivity contribution is 5.43. The highest BCUT2D eigenvalue weighted by atomic mass is 16.5. The van der Waals surface area contributed by atoms with E-state index in [0.29, 0.717) is 0 Å². The molecular formula is C14H21NO2. The zero-order valence-corrected chi connectivity index (χ0v) is 10.9.